The number of nitrogens with one attached hydrogen (secondary N) is 1. The molecule has 90 valence electrons. The van der Waals surface area contributed by atoms with Gasteiger partial charge in [0.05, 0.1) is 11.1 Å². The second-order valence-electron chi connectivity index (χ2n) is 3.38. The molecule has 17 heavy (non-hydrogen) atoms. The standard InChI is InChI=1S/C11H13N3O3/c12-9(15)5-6-14-11(17)8-4-2-1-3-7(8)10(13)16/h1-4H,5-6H2,(H2,12,15)(H2,13,16)(H,14,17). The zero-order chi connectivity index (χ0) is 12.8. The van der Waals surface area contributed by atoms with Crippen LogP contribution in [-0.2, 0) is 4.79 Å². The largest absolute Gasteiger partial charge is 0.370 e. The first-order valence-corrected chi connectivity index (χ1v) is 4.97. The molecule has 0 aliphatic heterocycles. The Kier molecular flexibility index (Phi) is 4.21. The lowest BCUT2D eigenvalue weighted by Crippen LogP contribution is -2.29. The summed E-state index contributed by atoms with van der Waals surface area (Å²) >= 11 is 0. The van der Waals surface area contributed by atoms with Gasteiger partial charge in [0.2, 0.25) is 11.8 Å². The van der Waals surface area contributed by atoms with E-state index in [4.69, 9.17) is 11.5 Å². The molecule has 0 unspecified atom stereocenters. The third kappa shape index (κ3) is 3.60. The Bertz CT molecular complexity index is 457. The molecule has 0 heterocycles. The number of nitrogens with two attached hydrogens (primary N) is 2. The zero-order valence-corrected chi connectivity index (χ0v) is 9.10. The van der Waals surface area contributed by atoms with E-state index in [0.717, 1.165) is 0 Å². The Balaban J connectivity index is 2.75. The first kappa shape index (κ1) is 12.7. The molecular weight excluding hydrogens is 222 g/mol. The van der Waals surface area contributed by atoms with Crippen LogP contribution in [0.3, 0.4) is 0 Å². The summed E-state index contributed by atoms with van der Waals surface area (Å²) < 4.78 is 0. The summed E-state index contributed by atoms with van der Waals surface area (Å²) in [6, 6.07) is 6.18. The number of hydrogen-bond acceptors (Lipinski definition) is 3. The lowest BCUT2D eigenvalue weighted by atomic mass is 10.1. The van der Waals surface area contributed by atoms with Crippen LogP contribution in [-0.4, -0.2) is 24.3 Å². The molecule has 1 rings (SSSR count). The Morgan fingerprint density at radius 3 is 2.18 bits per heavy atom. The van der Waals surface area contributed by atoms with E-state index in [-0.39, 0.29) is 24.1 Å². The summed E-state index contributed by atoms with van der Waals surface area (Å²) in [5.74, 6) is -1.64. The maximum Gasteiger partial charge on any atom is 0.252 e. The molecule has 0 radical (unpaired) electrons. The van der Waals surface area contributed by atoms with Crippen molar-refractivity contribution < 1.29 is 14.4 Å². The van der Waals surface area contributed by atoms with Crippen LogP contribution >= 0.6 is 0 Å². The zero-order valence-electron chi connectivity index (χ0n) is 9.10. The van der Waals surface area contributed by atoms with E-state index in [9.17, 15) is 14.4 Å². The lowest BCUT2D eigenvalue weighted by molar-refractivity contribution is -0.117. The molecule has 0 bridgehead atoms. The lowest BCUT2D eigenvalue weighted by Gasteiger charge is -2.06. The van der Waals surface area contributed by atoms with E-state index in [1.165, 1.54) is 12.1 Å². The van der Waals surface area contributed by atoms with Gasteiger partial charge in [0.25, 0.3) is 5.91 Å². The van der Waals surface area contributed by atoms with Gasteiger partial charge in [-0.05, 0) is 12.1 Å². The summed E-state index contributed by atoms with van der Waals surface area (Å²) in [7, 11) is 0. The predicted molar refractivity (Wildman–Crippen MR) is 61.1 cm³/mol. The monoisotopic (exact) mass is 235 g/mol. The highest BCUT2D eigenvalue weighted by atomic mass is 16.2. The van der Waals surface area contributed by atoms with Crippen molar-refractivity contribution in [3.63, 3.8) is 0 Å². The maximum atomic E-state index is 11.7. The number of benzene rings is 1. The minimum atomic E-state index is -0.675. The van der Waals surface area contributed by atoms with Crippen LogP contribution < -0.4 is 16.8 Å². The average Bonchev–Trinajstić information content (AvgIpc) is 2.28. The molecular formula is C11H13N3O3. The fourth-order valence-electron chi connectivity index (χ4n) is 1.29. The average molecular weight is 235 g/mol. The highest BCUT2D eigenvalue weighted by molar-refractivity contribution is 6.06. The topological polar surface area (TPSA) is 115 Å². The van der Waals surface area contributed by atoms with Crippen molar-refractivity contribution in [3.8, 4) is 0 Å². The van der Waals surface area contributed by atoms with Crippen molar-refractivity contribution in [2.45, 2.75) is 6.42 Å². The molecule has 0 saturated heterocycles. The maximum absolute atomic E-state index is 11.7. The van der Waals surface area contributed by atoms with Crippen molar-refractivity contribution in [1.29, 1.82) is 0 Å². The summed E-state index contributed by atoms with van der Waals surface area (Å²) in [5.41, 5.74) is 10.4. The fourth-order valence-corrected chi connectivity index (χ4v) is 1.29. The highest BCUT2D eigenvalue weighted by Gasteiger charge is 2.13. The van der Waals surface area contributed by atoms with Crippen molar-refractivity contribution in [3.05, 3.63) is 35.4 Å². The van der Waals surface area contributed by atoms with Crippen molar-refractivity contribution in [2.24, 2.45) is 11.5 Å². The number of primary amides is 2. The Hall–Kier alpha value is -2.37. The molecule has 1 aromatic carbocycles. The smallest absolute Gasteiger partial charge is 0.252 e. The van der Waals surface area contributed by atoms with Gasteiger partial charge in [0.15, 0.2) is 0 Å². The van der Waals surface area contributed by atoms with Gasteiger partial charge in [-0.1, -0.05) is 12.1 Å². The molecule has 1 aromatic rings. The predicted octanol–water partition coefficient (Wildman–Crippen LogP) is -0.609. The molecule has 0 atom stereocenters. The number of amides is 3. The van der Waals surface area contributed by atoms with Gasteiger partial charge < -0.3 is 16.8 Å². The van der Waals surface area contributed by atoms with Crippen molar-refractivity contribution in [1.82, 2.24) is 5.32 Å². The molecule has 6 heteroatoms. The first-order chi connectivity index (χ1) is 8.02. The molecule has 5 N–H and O–H groups in total. The van der Waals surface area contributed by atoms with E-state index >= 15 is 0 Å². The molecule has 3 amide bonds. The van der Waals surface area contributed by atoms with Gasteiger partial charge >= 0.3 is 0 Å². The third-order valence-corrected chi connectivity index (χ3v) is 2.09. The van der Waals surface area contributed by atoms with Gasteiger partial charge in [0.1, 0.15) is 0 Å². The summed E-state index contributed by atoms with van der Waals surface area (Å²) in [5, 5.41) is 2.48. The van der Waals surface area contributed by atoms with Crippen molar-refractivity contribution >= 4 is 17.7 Å². The molecule has 0 spiro atoms. The normalized spacial score (nSPS) is 9.65. The van der Waals surface area contributed by atoms with Crippen LogP contribution in [0.2, 0.25) is 0 Å². The second-order valence-corrected chi connectivity index (χ2v) is 3.38. The van der Waals surface area contributed by atoms with E-state index in [0.29, 0.717) is 0 Å². The van der Waals surface area contributed by atoms with Gasteiger partial charge in [-0.3, -0.25) is 14.4 Å². The molecule has 0 aliphatic carbocycles. The summed E-state index contributed by atoms with van der Waals surface area (Å²) in [6.07, 6.45) is 0.0461. The van der Waals surface area contributed by atoms with Gasteiger partial charge in [0, 0.05) is 13.0 Å². The van der Waals surface area contributed by atoms with E-state index < -0.39 is 17.7 Å². The summed E-state index contributed by atoms with van der Waals surface area (Å²) in [6.45, 7) is 0.126. The van der Waals surface area contributed by atoms with Crippen LogP contribution in [0.5, 0.6) is 0 Å². The molecule has 0 fully saturated rings. The van der Waals surface area contributed by atoms with E-state index in [1.54, 1.807) is 12.1 Å². The number of carbonyl (C=O) groups is 3. The Morgan fingerprint density at radius 2 is 1.65 bits per heavy atom. The number of carbonyl (C=O) groups excluding carboxylic acids is 3. The van der Waals surface area contributed by atoms with Gasteiger partial charge in [-0.2, -0.15) is 0 Å². The first-order valence-electron chi connectivity index (χ1n) is 4.97. The Labute approximate surface area is 98.0 Å². The van der Waals surface area contributed by atoms with Crippen LogP contribution in [0, 0.1) is 0 Å². The van der Waals surface area contributed by atoms with Crippen LogP contribution in [0.25, 0.3) is 0 Å². The van der Waals surface area contributed by atoms with E-state index in [2.05, 4.69) is 5.32 Å². The van der Waals surface area contributed by atoms with Crippen molar-refractivity contribution in [2.75, 3.05) is 6.54 Å². The number of rotatable bonds is 5. The molecule has 0 aliphatic rings. The second kappa shape index (κ2) is 5.64. The van der Waals surface area contributed by atoms with E-state index in [1.807, 2.05) is 0 Å². The molecule has 0 saturated carbocycles. The highest BCUT2D eigenvalue weighted by Crippen LogP contribution is 2.07. The quantitative estimate of drug-likeness (QED) is 0.632. The molecule has 0 aromatic heterocycles. The molecule has 6 nitrogen and oxygen atoms in total. The summed E-state index contributed by atoms with van der Waals surface area (Å²) in [4.78, 5) is 33.2. The fraction of sp³-hybridized carbons (Fsp3) is 0.182. The SMILES string of the molecule is NC(=O)CCNC(=O)c1ccccc1C(N)=O. The van der Waals surface area contributed by atoms with Crippen LogP contribution in [0.1, 0.15) is 27.1 Å². The van der Waals surface area contributed by atoms with Crippen LogP contribution in [0.15, 0.2) is 24.3 Å². The minimum Gasteiger partial charge on any atom is -0.370 e. The van der Waals surface area contributed by atoms with Gasteiger partial charge in [-0.25, -0.2) is 0 Å². The minimum absolute atomic E-state index is 0.0461. The Morgan fingerprint density at radius 1 is 1.06 bits per heavy atom. The van der Waals surface area contributed by atoms with Crippen LogP contribution in [0.4, 0.5) is 0 Å². The van der Waals surface area contributed by atoms with Gasteiger partial charge in [-0.15, -0.1) is 0 Å². The third-order valence-electron chi connectivity index (χ3n) is 2.09. The number of hydrogen-bond donors (Lipinski definition) is 3.